The first-order valence-electron chi connectivity index (χ1n) is 6.41. The fourth-order valence-electron chi connectivity index (χ4n) is 2.58. The smallest absolute Gasteiger partial charge is 0.242 e. The number of likely N-dealkylation sites (N-methyl/N-ethyl adjacent to an activating group) is 1. The largest absolute Gasteiger partial charge is 0.340 e. The molecule has 0 bridgehead atoms. The standard InChI is InChI=1S/C14H18ClFN2O.ClH/c1-18(13(19)14(17)6-2-3-7-14)9-10-4-5-11(16)8-12(10)15;/h4-5,8H,2-3,6-7,9,17H2,1H3;1H. The van der Waals surface area contributed by atoms with Crippen molar-refractivity contribution in [3.63, 3.8) is 0 Å². The van der Waals surface area contributed by atoms with E-state index in [0.29, 0.717) is 11.6 Å². The molecule has 2 rings (SSSR count). The third-order valence-electron chi connectivity index (χ3n) is 3.69. The van der Waals surface area contributed by atoms with Gasteiger partial charge in [-0.05, 0) is 30.5 Å². The second-order valence-electron chi connectivity index (χ2n) is 5.26. The maximum absolute atomic E-state index is 13.0. The zero-order chi connectivity index (χ0) is 14.0. The number of nitrogens with two attached hydrogens (primary N) is 1. The monoisotopic (exact) mass is 320 g/mol. The molecule has 3 nitrogen and oxygen atoms in total. The van der Waals surface area contributed by atoms with Crippen molar-refractivity contribution < 1.29 is 9.18 Å². The summed E-state index contributed by atoms with van der Waals surface area (Å²) >= 11 is 5.96. The van der Waals surface area contributed by atoms with Crippen molar-refractivity contribution in [2.45, 2.75) is 37.8 Å². The normalized spacial score (nSPS) is 16.6. The van der Waals surface area contributed by atoms with Crippen molar-refractivity contribution in [2.75, 3.05) is 7.05 Å². The first-order valence-corrected chi connectivity index (χ1v) is 6.78. The average Bonchev–Trinajstić information content (AvgIpc) is 2.80. The summed E-state index contributed by atoms with van der Waals surface area (Å²) in [6, 6.07) is 4.19. The number of nitrogens with zero attached hydrogens (tertiary/aromatic N) is 1. The Morgan fingerprint density at radius 3 is 2.60 bits per heavy atom. The Balaban J connectivity index is 0.00000200. The third kappa shape index (κ3) is 3.62. The van der Waals surface area contributed by atoms with Crippen molar-refractivity contribution in [3.8, 4) is 0 Å². The summed E-state index contributed by atoms with van der Waals surface area (Å²) in [7, 11) is 1.70. The van der Waals surface area contributed by atoms with E-state index in [-0.39, 0.29) is 24.1 Å². The molecule has 0 atom stereocenters. The van der Waals surface area contributed by atoms with Crippen LogP contribution in [-0.4, -0.2) is 23.4 Å². The molecule has 1 fully saturated rings. The molecule has 2 N–H and O–H groups in total. The maximum atomic E-state index is 13.0. The Morgan fingerprint density at radius 1 is 1.45 bits per heavy atom. The highest BCUT2D eigenvalue weighted by Crippen LogP contribution is 2.29. The number of rotatable bonds is 3. The van der Waals surface area contributed by atoms with Crippen molar-refractivity contribution in [1.82, 2.24) is 4.90 Å². The zero-order valence-corrected chi connectivity index (χ0v) is 12.9. The van der Waals surface area contributed by atoms with Crippen LogP contribution in [0.4, 0.5) is 4.39 Å². The number of benzene rings is 1. The number of amides is 1. The molecule has 1 amide bonds. The topological polar surface area (TPSA) is 46.3 Å². The van der Waals surface area contributed by atoms with Crippen molar-refractivity contribution >= 4 is 29.9 Å². The Hall–Kier alpha value is -0.840. The lowest BCUT2D eigenvalue weighted by Crippen LogP contribution is -2.52. The van der Waals surface area contributed by atoms with Gasteiger partial charge in [-0.15, -0.1) is 12.4 Å². The van der Waals surface area contributed by atoms with Gasteiger partial charge in [0.15, 0.2) is 0 Å². The number of hydrogen-bond donors (Lipinski definition) is 1. The number of hydrogen-bond acceptors (Lipinski definition) is 2. The summed E-state index contributed by atoms with van der Waals surface area (Å²) in [5, 5.41) is 0.331. The number of halogens is 3. The Labute approximate surface area is 129 Å². The molecule has 0 radical (unpaired) electrons. The van der Waals surface area contributed by atoms with Crippen molar-refractivity contribution in [3.05, 3.63) is 34.6 Å². The van der Waals surface area contributed by atoms with Gasteiger partial charge >= 0.3 is 0 Å². The van der Waals surface area contributed by atoms with Crippen LogP contribution in [0.2, 0.25) is 5.02 Å². The van der Waals surface area contributed by atoms with Crippen LogP contribution in [0.15, 0.2) is 18.2 Å². The highest BCUT2D eigenvalue weighted by Gasteiger charge is 2.38. The van der Waals surface area contributed by atoms with E-state index in [9.17, 15) is 9.18 Å². The molecule has 0 spiro atoms. The van der Waals surface area contributed by atoms with Gasteiger partial charge in [-0.2, -0.15) is 0 Å². The van der Waals surface area contributed by atoms with E-state index in [1.807, 2.05) is 0 Å². The minimum absolute atomic E-state index is 0. The molecule has 1 aromatic rings. The summed E-state index contributed by atoms with van der Waals surface area (Å²) in [6.45, 7) is 0.344. The Kier molecular flexibility index (Phi) is 5.80. The van der Waals surface area contributed by atoms with Gasteiger partial charge in [0.05, 0.1) is 5.54 Å². The summed E-state index contributed by atoms with van der Waals surface area (Å²) in [4.78, 5) is 13.9. The molecule has 112 valence electrons. The molecule has 0 saturated heterocycles. The van der Waals surface area contributed by atoms with Crippen LogP contribution in [0.3, 0.4) is 0 Å². The van der Waals surface area contributed by atoms with Crippen molar-refractivity contribution in [1.29, 1.82) is 0 Å². The molecule has 1 aliphatic carbocycles. The van der Waals surface area contributed by atoms with Crippen molar-refractivity contribution in [2.24, 2.45) is 5.73 Å². The first-order chi connectivity index (χ1) is 8.92. The van der Waals surface area contributed by atoms with Crippen LogP contribution >= 0.6 is 24.0 Å². The summed E-state index contributed by atoms with van der Waals surface area (Å²) in [5.74, 6) is -0.445. The predicted molar refractivity (Wildman–Crippen MR) is 80.5 cm³/mol. The van der Waals surface area contributed by atoms with Crippen LogP contribution in [0, 0.1) is 5.82 Å². The molecule has 1 aliphatic rings. The molecule has 0 unspecified atom stereocenters. The van der Waals surface area contributed by atoms with Gasteiger partial charge in [0.1, 0.15) is 5.82 Å². The molecule has 0 heterocycles. The second-order valence-corrected chi connectivity index (χ2v) is 5.67. The highest BCUT2D eigenvalue weighted by molar-refractivity contribution is 6.31. The number of carbonyl (C=O) groups is 1. The highest BCUT2D eigenvalue weighted by atomic mass is 35.5. The lowest BCUT2D eigenvalue weighted by molar-refractivity contribution is -0.136. The molecule has 20 heavy (non-hydrogen) atoms. The van der Waals surface area contributed by atoms with E-state index < -0.39 is 5.54 Å². The van der Waals surface area contributed by atoms with Gasteiger partial charge < -0.3 is 10.6 Å². The second kappa shape index (κ2) is 6.74. The molecule has 6 heteroatoms. The molecule has 0 aliphatic heterocycles. The zero-order valence-electron chi connectivity index (χ0n) is 11.4. The minimum Gasteiger partial charge on any atom is -0.340 e. The Morgan fingerprint density at radius 2 is 2.05 bits per heavy atom. The fraction of sp³-hybridized carbons (Fsp3) is 0.500. The molecular formula is C14H19Cl2FN2O. The van der Waals surface area contributed by atoms with Gasteiger partial charge in [0.25, 0.3) is 0 Å². The summed E-state index contributed by atoms with van der Waals surface area (Å²) < 4.78 is 13.0. The number of carbonyl (C=O) groups excluding carboxylic acids is 1. The Bertz CT molecular complexity index is 490. The van der Waals surface area contributed by atoms with Crippen LogP contribution in [0.1, 0.15) is 31.2 Å². The van der Waals surface area contributed by atoms with E-state index >= 15 is 0 Å². The predicted octanol–water partition coefficient (Wildman–Crippen LogP) is 3.13. The third-order valence-corrected chi connectivity index (χ3v) is 4.04. The molecule has 1 aromatic carbocycles. The van der Waals surface area contributed by atoms with Crippen LogP contribution < -0.4 is 5.73 Å². The lowest BCUT2D eigenvalue weighted by atomic mass is 9.97. The first kappa shape index (κ1) is 17.2. The quantitative estimate of drug-likeness (QED) is 0.930. The minimum atomic E-state index is -0.735. The van der Waals surface area contributed by atoms with Crippen LogP contribution in [-0.2, 0) is 11.3 Å². The van der Waals surface area contributed by atoms with E-state index in [4.69, 9.17) is 17.3 Å². The van der Waals surface area contributed by atoms with Gasteiger partial charge in [-0.25, -0.2) is 4.39 Å². The van der Waals surface area contributed by atoms with E-state index in [0.717, 1.165) is 31.2 Å². The summed E-state index contributed by atoms with van der Waals surface area (Å²) in [5.41, 5.74) is 6.12. The summed E-state index contributed by atoms with van der Waals surface area (Å²) in [6.07, 6.45) is 3.45. The van der Waals surface area contributed by atoms with Gasteiger partial charge in [0.2, 0.25) is 5.91 Å². The van der Waals surface area contributed by atoms with Crippen LogP contribution in [0.25, 0.3) is 0 Å². The van der Waals surface area contributed by atoms with Gasteiger partial charge in [0, 0.05) is 18.6 Å². The van der Waals surface area contributed by atoms with Gasteiger partial charge in [-0.1, -0.05) is 30.5 Å². The molecule has 1 saturated carbocycles. The van der Waals surface area contributed by atoms with Crippen LogP contribution in [0.5, 0.6) is 0 Å². The molecular weight excluding hydrogens is 302 g/mol. The van der Waals surface area contributed by atoms with Gasteiger partial charge in [-0.3, -0.25) is 4.79 Å². The van der Waals surface area contributed by atoms with E-state index in [1.54, 1.807) is 18.0 Å². The van der Waals surface area contributed by atoms with E-state index in [1.165, 1.54) is 12.1 Å². The fourth-order valence-corrected chi connectivity index (χ4v) is 2.80. The lowest BCUT2D eigenvalue weighted by Gasteiger charge is -2.29. The maximum Gasteiger partial charge on any atom is 0.242 e. The molecule has 0 aromatic heterocycles. The van der Waals surface area contributed by atoms with E-state index in [2.05, 4.69) is 0 Å². The SMILES string of the molecule is CN(Cc1ccc(F)cc1Cl)C(=O)C1(N)CCCC1.Cl. The average molecular weight is 321 g/mol.